The topological polar surface area (TPSA) is 44.1 Å². The third-order valence-corrected chi connectivity index (χ3v) is 6.60. The average molecular weight is 535 g/mol. The van der Waals surface area contributed by atoms with Crippen LogP contribution in [-0.4, -0.2) is 9.78 Å². The fourth-order valence-electron chi connectivity index (χ4n) is 4.57. The van der Waals surface area contributed by atoms with Gasteiger partial charge < -0.3 is 4.74 Å². The first-order valence-electron chi connectivity index (χ1n) is 13.0. The van der Waals surface area contributed by atoms with Gasteiger partial charge in [0.2, 0.25) is 0 Å². The van der Waals surface area contributed by atoms with Crippen molar-refractivity contribution < 1.29 is 13.5 Å². The SMILES string of the molecule is Cc1nn(CCc2ccccc2)c(=O)c(/C=C/c2ccc(F)c(F)c2)c1-c1ccccc1OCc1ccccc1. The molecule has 1 heterocycles. The van der Waals surface area contributed by atoms with Crippen molar-refractivity contribution in [1.82, 2.24) is 9.78 Å². The zero-order chi connectivity index (χ0) is 27.9. The van der Waals surface area contributed by atoms with Crippen LogP contribution in [0.1, 0.15) is 27.9 Å². The molecule has 0 saturated carbocycles. The molecule has 0 bridgehead atoms. The first-order valence-corrected chi connectivity index (χ1v) is 13.0. The highest BCUT2D eigenvalue weighted by molar-refractivity contribution is 5.84. The molecule has 0 atom stereocenters. The second-order valence-corrected chi connectivity index (χ2v) is 9.42. The molecule has 0 N–H and O–H groups in total. The molecule has 4 aromatic carbocycles. The van der Waals surface area contributed by atoms with Gasteiger partial charge in [0.05, 0.1) is 11.3 Å². The number of ether oxygens (including phenoxy) is 1. The van der Waals surface area contributed by atoms with E-state index in [9.17, 15) is 13.6 Å². The van der Waals surface area contributed by atoms with Crippen molar-refractivity contribution in [2.45, 2.75) is 26.5 Å². The van der Waals surface area contributed by atoms with Crippen LogP contribution in [0.3, 0.4) is 0 Å². The number of aromatic nitrogens is 2. The number of hydrogen-bond donors (Lipinski definition) is 0. The van der Waals surface area contributed by atoms with Crippen LogP contribution < -0.4 is 10.3 Å². The van der Waals surface area contributed by atoms with Gasteiger partial charge >= 0.3 is 0 Å². The number of rotatable bonds is 9. The smallest absolute Gasteiger partial charge is 0.274 e. The Bertz CT molecular complexity index is 1700. The first kappa shape index (κ1) is 26.8. The van der Waals surface area contributed by atoms with E-state index >= 15 is 0 Å². The molecule has 0 radical (unpaired) electrons. The summed E-state index contributed by atoms with van der Waals surface area (Å²) in [7, 11) is 0. The third kappa shape index (κ3) is 6.24. The number of para-hydroxylation sites is 1. The molecule has 200 valence electrons. The number of nitrogens with zero attached hydrogens (tertiary/aromatic N) is 2. The molecule has 0 spiro atoms. The lowest BCUT2D eigenvalue weighted by Crippen LogP contribution is -2.27. The van der Waals surface area contributed by atoms with E-state index in [2.05, 4.69) is 5.10 Å². The van der Waals surface area contributed by atoms with Crippen LogP contribution in [0, 0.1) is 18.6 Å². The van der Waals surface area contributed by atoms with Gasteiger partial charge in [-0.3, -0.25) is 4.79 Å². The summed E-state index contributed by atoms with van der Waals surface area (Å²) in [6.45, 7) is 2.61. The number of hydrogen-bond acceptors (Lipinski definition) is 3. The zero-order valence-corrected chi connectivity index (χ0v) is 22.1. The summed E-state index contributed by atoms with van der Waals surface area (Å²) in [6.07, 6.45) is 3.89. The maximum absolute atomic E-state index is 13.9. The summed E-state index contributed by atoms with van der Waals surface area (Å²) in [5.41, 5.74) is 4.65. The van der Waals surface area contributed by atoms with Crippen LogP contribution >= 0.6 is 0 Å². The molecule has 1 aromatic heterocycles. The molecule has 40 heavy (non-hydrogen) atoms. The van der Waals surface area contributed by atoms with E-state index in [0.29, 0.717) is 47.7 Å². The standard InChI is InChI=1S/C34H28F2N2O2/c1-24-33(28-14-8-9-15-32(28)40-23-27-12-6-3-7-13-27)29(18-16-26-17-19-30(35)31(36)22-26)34(39)38(37-24)21-20-25-10-4-2-5-11-25/h2-19,22H,20-21,23H2,1H3/b18-16+. The third-order valence-electron chi connectivity index (χ3n) is 6.60. The van der Waals surface area contributed by atoms with E-state index in [-0.39, 0.29) is 5.56 Å². The number of halogens is 2. The molecule has 0 fully saturated rings. The lowest BCUT2D eigenvalue weighted by molar-refractivity contribution is 0.307. The highest BCUT2D eigenvalue weighted by Gasteiger charge is 2.18. The lowest BCUT2D eigenvalue weighted by atomic mass is 9.97. The van der Waals surface area contributed by atoms with Gasteiger partial charge in [-0.15, -0.1) is 0 Å². The van der Waals surface area contributed by atoms with Crippen LogP contribution in [-0.2, 0) is 19.6 Å². The van der Waals surface area contributed by atoms with Crippen LogP contribution in [0.25, 0.3) is 23.3 Å². The van der Waals surface area contributed by atoms with Crippen molar-refractivity contribution in [3.05, 3.63) is 153 Å². The summed E-state index contributed by atoms with van der Waals surface area (Å²) in [4.78, 5) is 13.8. The second kappa shape index (κ2) is 12.3. The van der Waals surface area contributed by atoms with E-state index < -0.39 is 11.6 Å². The summed E-state index contributed by atoms with van der Waals surface area (Å²) >= 11 is 0. The van der Waals surface area contributed by atoms with E-state index in [1.54, 1.807) is 12.2 Å². The molecule has 6 heteroatoms. The molecule has 0 aliphatic heterocycles. The summed E-state index contributed by atoms with van der Waals surface area (Å²) < 4.78 is 35.1. The number of benzene rings is 4. The second-order valence-electron chi connectivity index (χ2n) is 9.42. The molecule has 0 saturated heterocycles. The van der Waals surface area contributed by atoms with Crippen molar-refractivity contribution in [2.75, 3.05) is 0 Å². The van der Waals surface area contributed by atoms with Crippen molar-refractivity contribution in [2.24, 2.45) is 0 Å². The molecular formula is C34H28F2N2O2. The van der Waals surface area contributed by atoms with Crippen LogP contribution in [0.5, 0.6) is 5.75 Å². The Morgan fingerprint density at radius 1 is 0.800 bits per heavy atom. The van der Waals surface area contributed by atoms with E-state index in [1.165, 1.54) is 10.7 Å². The van der Waals surface area contributed by atoms with Gasteiger partial charge in [-0.1, -0.05) is 91.0 Å². The molecule has 0 aliphatic carbocycles. The lowest BCUT2D eigenvalue weighted by Gasteiger charge is -2.17. The summed E-state index contributed by atoms with van der Waals surface area (Å²) in [6, 6.07) is 30.9. The van der Waals surface area contributed by atoms with Crippen LogP contribution in [0.15, 0.2) is 108 Å². The van der Waals surface area contributed by atoms with Crippen molar-refractivity contribution in [1.29, 1.82) is 0 Å². The predicted molar refractivity (Wildman–Crippen MR) is 155 cm³/mol. The quantitative estimate of drug-likeness (QED) is 0.197. The van der Waals surface area contributed by atoms with E-state index in [1.807, 2.05) is 91.9 Å². The van der Waals surface area contributed by atoms with Gasteiger partial charge in [0.15, 0.2) is 11.6 Å². The fourth-order valence-corrected chi connectivity index (χ4v) is 4.57. The summed E-state index contributed by atoms with van der Waals surface area (Å²) in [5.74, 6) is -1.27. The largest absolute Gasteiger partial charge is 0.488 e. The van der Waals surface area contributed by atoms with Gasteiger partial charge in [0.1, 0.15) is 12.4 Å². The molecule has 0 amide bonds. The molecular weight excluding hydrogens is 506 g/mol. The number of aryl methyl sites for hydroxylation is 3. The Morgan fingerprint density at radius 2 is 1.48 bits per heavy atom. The maximum Gasteiger partial charge on any atom is 0.274 e. The normalized spacial score (nSPS) is 11.2. The first-order chi connectivity index (χ1) is 19.5. The Hall–Kier alpha value is -4.84. The molecule has 5 rings (SSSR count). The van der Waals surface area contributed by atoms with E-state index in [0.717, 1.165) is 28.8 Å². The Labute approximate surface area is 231 Å². The van der Waals surface area contributed by atoms with Crippen LogP contribution in [0.2, 0.25) is 0 Å². The zero-order valence-electron chi connectivity index (χ0n) is 22.1. The molecule has 5 aromatic rings. The minimum atomic E-state index is -0.951. The fraction of sp³-hybridized carbons (Fsp3) is 0.118. The highest BCUT2D eigenvalue weighted by atomic mass is 19.2. The van der Waals surface area contributed by atoms with Crippen LogP contribution in [0.4, 0.5) is 8.78 Å². The average Bonchev–Trinajstić information content (AvgIpc) is 2.98. The van der Waals surface area contributed by atoms with Gasteiger partial charge in [-0.05, 0) is 54.3 Å². The van der Waals surface area contributed by atoms with E-state index in [4.69, 9.17) is 4.74 Å². The van der Waals surface area contributed by atoms with Gasteiger partial charge in [0, 0.05) is 17.7 Å². The Morgan fingerprint density at radius 3 is 2.20 bits per heavy atom. The van der Waals surface area contributed by atoms with Gasteiger partial charge in [0.25, 0.3) is 5.56 Å². The van der Waals surface area contributed by atoms with Crippen molar-refractivity contribution in [3.63, 3.8) is 0 Å². The van der Waals surface area contributed by atoms with Crippen molar-refractivity contribution >= 4 is 12.2 Å². The predicted octanol–water partition coefficient (Wildman–Crippen LogP) is 7.49. The van der Waals surface area contributed by atoms with Crippen molar-refractivity contribution in [3.8, 4) is 16.9 Å². The molecule has 0 unspecified atom stereocenters. The Kier molecular flexibility index (Phi) is 8.26. The Balaban J connectivity index is 1.58. The molecule has 4 nitrogen and oxygen atoms in total. The summed E-state index contributed by atoms with van der Waals surface area (Å²) in [5, 5.41) is 4.67. The van der Waals surface area contributed by atoms with Gasteiger partial charge in [-0.25, -0.2) is 13.5 Å². The molecule has 0 aliphatic rings. The highest BCUT2D eigenvalue weighted by Crippen LogP contribution is 2.34. The minimum absolute atomic E-state index is 0.284. The minimum Gasteiger partial charge on any atom is -0.488 e. The monoisotopic (exact) mass is 534 g/mol. The van der Waals surface area contributed by atoms with Gasteiger partial charge in [-0.2, -0.15) is 5.10 Å². The maximum atomic E-state index is 13.9.